The van der Waals surface area contributed by atoms with Gasteiger partial charge in [0.2, 0.25) is 10.0 Å². The van der Waals surface area contributed by atoms with Crippen LogP contribution in [0.3, 0.4) is 0 Å². The first-order valence-electron chi connectivity index (χ1n) is 8.97. The van der Waals surface area contributed by atoms with Gasteiger partial charge in [0, 0.05) is 39.8 Å². The monoisotopic (exact) mass is 390 g/mol. The van der Waals surface area contributed by atoms with Crippen molar-refractivity contribution >= 4 is 33.3 Å². The van der Waals surface area contributed by atoms with E-state index < -0.39 is 10.0 Å². The van der Waals surface area contributed by atoms with E-state index in [1.165, 1.54) is 6.26 Å². The average Bonchev–Trinajstić information content (AvgIpc) is 2.75. The van der Waals surface area contributed by atoms with Crippen LogP contribution in [0, 0.1) is 0 Å². The molecule has 0 aliphatic carbocycles. The molecule has 25 heavy (non-hydrogen) atoms. The van der Waals surface area contributed by atoms with Crippen molar-refractivity contribution in [1.29, 1.82) is 0 Å². The van der Waals surface area contributed by atoms with Gasteiger partial charge in [-0.3, -0.25) is 9.69 Å². The molecule has 2 fully saturated rings. The summed E-state index contributed by atoms with van der Waals surface area (Å²) in [6, 6.07) is -0.136. The highest BCUT2D eigenvalue weighted by atomic mass is 32.2. The van der Waals surface area contributed by atoms with Crippen LogP contribution < -0.4 is 0 Å². The first kappa shape index (κ1) is 20.5. The Balaban J connectivity index is 1.56. The van der Waals surface area contributed by atoms with Gasteiger partial charge in [0.15, 0.2) is 5.11 Å². The Bertz CT molecular complexity index is 588. The summed E-state index contributed by atoms with van der Waals surface area (Å²) in [7, 11) is -1.30. The number of carbonyl (C=O) groups excluding carboxylic acids is 1. The van der Waals surface area contributed by atoms with Gasteiger partial charge in [-0.1, -0.05) is 12.8 Å². The molecule has 0 N–H and O–H groups in total. The Hall–Kier alpha value is -0.770. The first-order valence-corrected chi connectivity index (χ1v) is 11.2. The Morgan fingerprint density at radius 3 is 2.08 bits per heavy atom. The number of hydrogen-bond acceptors (Lipinski definition) is 5. The number of carbonyl (C=O) groups is 1. The minimum atomic E-state index is -3.04. The molecule has 1 unspecified atom stereocenters. The molecule has 144 valence electrons. The summed E-state index contributed by atoms with van der Waals surface area (Å²) in [5.41, 5.74) is 0. The maximum absolute atomic E-state index is 11.9. The van der Waals surface area contributed by atoms with Gasteiger partial charge < -0.3 is 9.80 Å². The molecule has 0 aromatic heterocycles. The smallest absolute Gasteiger partial charge is 0.250 e. The number of amides is 1. The summed E-state index contributed by atoms with van der Waals surface area (Å²) in [5.74, 6) is 0.0817. The summed E-state index contributed by atoms with van der Waals surface area (Å²) in [5, 5.41) is 0.640. The lowest BCUT2D eigenvalue weighted by Gasteiger charge is -2.33. The van der Waals surface area contributed by atoms with E-state index in [1.54, 1.807) is 16.3 Å². The number of likely N-dealkylation sites (N-methyl/N-ethyl adjacent to an activating group) is 1. The topological polar surface area (TPSA) is 64.2 Å². The van der Waals surface area contributed by atoms with Crippen molar-refractivity contribution in [1.82, 2.24) is 19.0 Å². The highest BCUT2D eigenvalue weighted by molar-refractivity contribution is 7.88. The highest BCUT2D eigenvalue weighted by Crippen LogP contribution is 2.17. The zero-order chi connectivity index (χ0) is 18.6. The van der Waals surface area contributed by atoms with Crippen molar-refractivity contribution in [2.75, 3.05) is 52.6 Å². The van der Waals surface area contributed by atoms with Gasteiger partial charge in [0.05, 0.1) is 6.26 Å². The SMILES string of the molecule is CC1C(=O)N(C)C(=S)N1CCCCCCN1CCN(S(C)(=O)=O)CC1. The predicted molar refractivity (Wildman–Crippen MR) is 103 cm³/mol. The van der Waals surface area contributed by atoms with E-state index in [0.29, 0.717) is 18.2 Å². The summed E-state index contributed by atoms with van der Waals surface area (Å²) in [6.07, 6.45) is 5.70. The molecule has 7 nitrogen and oxygen atoms in total. The third kappa shape index (κ3) is 5.35. The fourth-order valence-corrected chi connectivity index (χ4v) is 4.58. The van der Waals surface area contributed by atoms with E-state index in [0.717, 1.165) is 51.9 Å². The van der Waals surface area contributed by atoms with Gasteiger partial charge in [-0.15, -0.1) is 0 Å². The van der Waals surface area contributed by atoms with Crippen molar-refractivity contribution in [2.45, 2.75) is 38.6 Å². The van der Waals surface area contributed by atoms with Crippen LogP contribution in [0.5, 0.6) is 0 Å². The highest BCUT2D eigenvalue weighted by Gasteiger charge is 2.36. The normalized spacial score (nSPS) is 23.7. The molecule has 1 amide bonds. The standard InChI is InChI=1S/C16H30N4O3S2/c1-14-15(21)17(2)16(24)20(14)9-7-5-4-6-8-18-10-12-19(13-11-18)25(3,22)23/h14H,4-13H2,1-3H3. The molecule has 2 rings (SSSR count). The first-order chi connectivity index (χ1) is 11.7. The van der Waals surface area contributed by atoms with Crippen LogP contribution in [0.2, 0.25) is 0 Å². The molecular formula is C16H30N4O3S2. The third-order valence-corrected chi connectivity index (χ3v) is 6.92. The van der Waals surface area contributed by atoms with Crippen molar-refractivity contribution in [2.24, 2.45) is 0 Å². The predicted octanol–water partition coefficient (Wildman–Crippen LogP) is 0.571. The summed E-state index contributed by atoms with van der Waals surface area (Å²) >= 11 is 5.32. The number of piperazine rings is 1. The van der Waals surface area contributed by atoms with Crippen molar-refractivity contribution in [3.8, 4) is 0 Å². The lowest BCUT2D eigenvalue weighted by Crippen LogP contribution is -2.48. The fraction of sp³-hybridized carbons (Fsp3) is 0.875. The van der Waals surface area contributed by atoms with E-state index in [2.05, 4.69) is 4.90 Å². The second-order valence-electron chi connectivity index (χ2n) is 6.97. The lowest BCUT2D eigenvalue weighted by molar-refractivity contribution is -0.126. The fourth-order valence-electron chi connectivity index (χ4n) is 3.41. The number of rotatable bonds is 8. The Labute approximate surface area is 157 Å². The summed E-state index contributed by atoms with van der Waals surface area (Å²) in [6.45, 7) is 6.62. The summed E-state index contributed by atoms with van der Waals surface area (Å²) < 4.78 is 24.5. The summed E-state index contributed by atoms with van der Waals surface area (Å²) in [4.78, 5) is 17.8. The molecule has 1 atom stereocenters. The molecule has 0 aromatic carbocycles. The minimum Gasteiger partial charge on any atom is -0.337 e. The number of nitrogens with zero attached hydrogens (tertiary/aromatic N) is 4. The molecule has 2 aliphatic rings. The molecule has 2 saturated heterocycles. The Kier molecular flexibility index (Phi) is 7.19. The van der Waals surface area contributed by atoms with Gasteiger partial charge in [-0.2, -0.15) is 4.31 Å². The molecule has 0 bridgehead atoms. The van der Waals surface area contributed by atoms with Crippen LogP contribution in [0.25, 0.3) is 0 Å². The molecule has 0 aromatic rings. The lowest BCUT2D eigenvalue weighted by atomic mass is 10.1. The number of hydrogen-bond donors (Lipinski definition) is 0. The van der Waals surface area contributed by atoms with Crippen LogP contribution in [0.4, 0.5) is 0 Å². The zero-order valence-electron chi connectivity index (χ0n) is 15.5. The maximum Gasteiger partial charge on any atom is 0.250 e. The zero-order valence-corrected chi connectivity index (χ0v) is 17.1. The van der Waals surface area contributed by atoms with Gasteiger partial charge in [0.1, 0.15) is 6.04 Å². The largest absolute Gasteiger partial charge is 0.337 e. The molecule has 2 heterocycles. The molecule has 9 heteroatoms. The van der Waals surface area contributed by atoms with Gasteiger partial charge >= 0.3 is 0 Å². The van der Waals surface area contributed by atoms with Gasteiger partial charge in [-0.25, -0.2) is 8.42 Å². The second-order valence-corrected chi connectivity index (χ2v) is 9.31. The number of unbranched alkanes of at least 4 members (excludes halogenated alkanes) is 3. The minimum absolute atomic E-state index is 0.0817. The molecule has 0 radical (unpaired) electrons. The van der Waals surface area contributed by atoms with Crippen LogP contribution in [0.1, 0.15) is 32.6 Å². The van der Waals surface area contributed by atoms with E-state index >= 15 is 0 Å². The van der Waals surface area contributed by atoms with E-state index in [9.17, 15) is 13.2 Å². The molecule has 2 aliphatic heterocycles. The third-order valence-electron chi connectivity index (χ3n) is 5.11. The second kappa shape index (κ2) is 8.75. The van der Waals surface area contributed by atoms with Crippen LogP contribution >= 0.6 is 12.2 Å². The van der Waals surface area contributed by atoms with E-state index in [1.807, 2.05) is 11.8 Å². The van der Waals surface area contributed by atoms with Gasteiger partial charge in [0.25, 0.3) is 5.91 Å². The quantitative estimate of drug-likeness (QED) is 0.446. The van der Waals surface area contributed by atoms with Gasteiger partial charge in [-0.05, 0) is 38.5 Å². The van der Waals surface area contributed by atoms with Crippen molar-refractivity contribution in [3.63, 3.8) is 0 Å². The Morgan fingerprint density at radius 2 is 1.60 bits per heavy atom. The van der Waals surface area contributed by atoms with Crippen molar-refractivity contribution in [3.05, 3.63) is 0 Å². The molecule has 0 saturated carbocycles. The number of thiocarbonyl (C=S) groups is 1. The van der Waals surface area contributed by atoms with E-state index in [-0.39, 0.29) is 11.9 Å². The van der Waals surface area contributed by atoms with Crippen LogP contribution in [-0.4, -0.2) is 97.1 Å². The van der Waals surface area contributed by atoms with Crippen LogP contribution in [-0.2, 0) is 14.8 Å². The van der Waals surface area contributed by atoms with Crippen molar-refractivity contribution < 1.29 is 13.2 Å². The van der Waals surface area contributed by atoms with E-state index in [4.69, 9.17) is 12.2 Å². The number of sulfonamides is 1. The molecular weight excluding hydrogens is 360 g/mol. The molecule has 0 spiro atoms. The maximum atomic E-state index is 11.9. The average molecular weight is 391 g/mol. The van der Waals surface area contributed by atoms with Crippen LogP contribution in [0.15, 0.2) is 0 Å². The Morgan fingerprint density at radius 1 is 1.04 bits per heavy atom.